The number of nitrogens with zero attached hydrogens (tertiary/aromatic N) is 2. The van der Waals surface area contributed by atoms with Gasteiger partial charge in [0.1, 0.15) is 0 Å². The van der Waals surface area contributed by atoms with E-state index in [9.17, 15) is 8.42 Å². The molecule has 106 valence electrons. The fourth-order valence-electron chi connectivity index (χ4n) is 2.20. The van der Waals surface area contributed by atoms with Gasteiger partial charge in [0.15, 0.2) is 0 Å². The van der Waals surface area contributed by atoms with Gasteiger partial charge in [-0.2, -0.15) is 17.0 Å². The number of piperidine rings is 1. The summed E-state index contributed by atoms with van der Waals surface area (Å²) in [5.74, 6) is 0.301. The highest BCUT2D eigenvalue weighted by Gasteiger charge is 2.30. The van der Waals surface area contributed by atoms with Crippen molar-refractivity contribution in [1.82, 2.24) is 8.61 Å². The Morgan fingerprint density at radius 2 is 2.28 bits per heavy atom. The van der Waals surface area contributed by atoms with Gasteiger partial charge in [-0.3, -0.25) is 0 Å². The molecule has 0 spiro atoms. The molecule has 0 aliphatic carbocycles. The van der Waals surface area contributed by atoms with Gasteiger partial charge in [0.2, 0.25) is 0 Å². The molecular formula is C12H25N3O2S. The van der Waals surface area contributed by atoms with Crippen molar-refractivity contribution in [2.45, 2.75) is 25.7 Å². The zero-order valence-corrected chi connectivity index (χ0v) is 12.0. The Kier molecular flexibility index (Phi) is 6.28. The Labute approximate surface area is 111 Å². The second-order valence-corrected chi connectivity index (χ2v) is 6.90. The molecule has 1 heterocycles. The van der Waals surface area contributed by atoms with Crippen LogP contribution in [0, 0.1) is 5.92 Å². The fraction of sp³-hybridized carbons (Fsp3) is 0.833. The third-order valence-corrected chi connectivity index (χ3v) is 5.37. The lowest BCUT2D eigenvalue weighted by Crippen LogP contribution is -2.48. The molecule has 18 heavy (non-hydrogen) atoms. The predicted octanol–water partition coefficient (Wildman–Crippen LogP) is 0.800. The van der Waals surface area contributed by atoms with Gasteiger partial charge in [-0.1, -0.05) is 6.08 Å². The lowest BCUT2D eigenvalue weighted by Gasteiger charge is -2.33. The molecule has 0 radical (unpaired) electrons. The van der Waals surface area contributed by atoms with Gasteiger partial charge < -0.3 is 5.73 Å². The smallest absolute Gasteiger partial charge is 0.281 e. The van der Waals surface area contributed by atoms with Crippen LogP contribution >= 0.6 is 0 Å². The van der Waals surface area contributed by atoms with Crippen LogP contribution in [0.3, 0.4) is 0 Å². The van der Waals surface area contributed by atoms with E-state index in [1.807, 2.05) is 6.08 Å². The summed E-state index contributed by atoms with van der Waals surface area (Å²) >= 11 is 0. The molecule has 0 aromatic heterocycles. The van der Waals surface area contributed by atoms with Crippen LogP contribution in [0.1, 0.15) is 25.7 Å². The van der Waals surface area contributed by atoms with Crippen LogP contribution < -0.4 is 5.73 Å². The van der Waals surface area contributed by atoms with E-state index in [0.717, 1.165) is 25.7 Å². The van der Waals surface area contributed by atoms with E-state index in [2.05, 4.69) is 6.58 Å². The molecular weight excluding hydrogens is 250 g/mol. The molecule has 1 rings (SSSR count). The number of unbranched alkanes of at least 4 members (excludes halogenated alkanes) is 1. The van der Waals surface area contributed by atoms with Gasteiger partial charge in [0, 0.05) is 26.7 Å². The van der Waals surface area contributed by atoms with Crippen LogP contribution in [0.2, 0.25) is 0 Å². The number of allylic oxidation sites excluding steroid dienone is 1. The predicted molar refractivity (Wildman–Crippen MR) is 74.3 cm³/mol. The lowest BCUT2D eigenvalue weighted by atomic mass is 10.0. The van der Waals surface area contributed by atoms with Crippen molar-refractivity contribution in [2.24, 2.45) is 11.7 Å². The molecule has 0 aromatic rings. The minimum atomic E-state index is -3.31. The summed E-state index contributed by atoms with van der Waals surface area (Å²) in [6.45, 7) is 5.92. The molecule has 2 N–H and O–H groups in total. The fourth-order valence-corrected chi connectivity index (χ4v) is 3.71. The molecule has 1 atom stereocenters. The van der Waals surface area contributed by atoms with E-state index in [1.165, 1.54) is 4.31 Å². The van der Waals surface area contributed by atoms with Crippen LogP contribution in [0.25, 0.3) is 0 Å². The Balaban J connectivity index is 2.58. The monoisotopic (exact) mass is 275 g/mol. The number of nitrogens with two attached hydrogens (primary N) is 1. The molecule has 1 aliphatic rings. The molecule has 1 saturated heterocycles. The third-order valence-electron chi connectivity index (χ3n) is 3.42. The SMILES string of the molecule is C=CCCCN(C)S(=O)(=O)N1CCCC(CN)C1. The second-order valence-electron chi connectivity index (χ2n) is 4.86. The van der Waals surface area contributed by atoms with Gasteiger partial charge in [-0.25, -0.2) is 0 Å². The highest BCUT2D eigenvalue weighted by molar-refractivity contribution is 7.86. The van der Waals surface area contributed by atoms with E-state index in [4.69, 9.17) is 5.73 Å². The van der Waals surface area contributed by atoms with E-state index in [-0.39, 0.29) is 0 Å². The zero-order valence-electron chi connectivity index (χ0n) is 11.2. The van der Waals surface area contributed by atoms with Gasteiger partial charge in [-0.15, -0.1) is 6.58 Å². The summed E-state index contributed by atoms with van der Waals surface area (Å²) in [5.41, 5.74) is 5.64. The van der Waals surface area contributed by atoms with Crippen molar-refractivity contribution < 1.29 is 8.42 Å². The third kappa shape index (κ3) is 4.05. The average Bonchev–Trinajstić information content (AvgIpc) is 2.39. The van der Waals surface area contributed by atoms with Gasteiger partial charge in [0.25, 0.3) is 10.2 Å². The maximum absolute atomic E-state index is 12.3. The lowest BCUT2D eigenvalue weighted by molar-refractivity contribution is 0.255. The Morgan fingerprint density at radius 3 is 2.89 bits per heavy atom. The summed E-state index contributed by atoms with van der Waals surface area (Å²) in [6, 6.07) is 0. The second kappa shape index (κ2) is 7.23. The van der Waals surface area contributed by atoms with Crippen LogP contribution in [-0.4, -0.2) is 50.3 Å². The first-order chi connectivity index (χ1) is 8.52. The van der Waals surface area contributed by atoms with Crippen LogP contribution in [-0.2, 0) is 10.2 Å². The first kappa shape index (κ1) is 15.6. The van der Waals surface area contributed by atoms with Gasteiger partial charge >= 0.3 is 0 Å². The zero-order chi connectivity index (χ0) is 13.6. The van der Waals surface area contributed by atoms with Crippen molar-refractivity contribution in [2.75, 3.05) is 33.2 Å². The first-order valence-corrected chi connectivity index (χ1v) is 7.94. The summed E-state index contributed by atoms with van der Waals surface area (Å²) in [4.78, 5) is 0. The van der Waals surface area contributed by atoms with Crippen molar-refractivity contribution in [3.05, 3.63) is 12.7 Å². The van der Waals surface area contributed by atoms with Gasteiger partial charge in [0.05, 0.1) is 0 Å². The van der Waals surface area contributed by atoms with E-state index in [1.54, 1.807) is 11.4 Å². The maximum atomic E-state index is 12.3. The molecule has 1 unspecified atom stereocenters. The van der Waals surface area contributed by atoms with Crippen LogP contribution in [0.4, 0.5) is 0 Å². The summed E-state index contributed by atoms with van der Waals surface area (Å²) in [6.07, 6.45) is 5.40. The Hall–Kier alpha value is -0.430. The quantitative estimate of drug-likeness (QED) is 0.552. The highest BCUT2D eigenvalue weighted by Crippen LogP contribution is 2.19. The van der Waals surface area contributed by atoms with Crippen molar-refractivity contribution in [3.63, 3.8) is 0 Å². The molecule has 5 nitrogen and oxygen atoms in total. The number of rotatable bonds is 7. The molecule has 6 heteroatoms. The maximum Gasteiger partial charge on any atom is 0.281 e. The van der Waals surface area contributed by atoms with E-state index < -0.39 is 10.2 Å². The first-order valence-electron chi connectivity index (χ1n) is 6.54. The summed E-state index contributed by atoms with van der Waals surface area (Å²) < 4.78 is 27.7. The summed E-state index contributed by atoms with van der Waals surface area (Å²) in [5, 5.41) is 0. The largest absolute Gasteiger partial charge is 0.330 e. The molecule has 1 fully saturated rings. The Morgan fingerprint density at radius 1 is 1.56 bits per heavy atom. The van der Waals surface area contributed by atoms with Gasteiger partial charge in [-0.05, 0) is 38.1 Å². The summed E-state index contributed by atoms with van der Waals surface area (Å²) in [7, 11) is -1.67. The molecule has 0 bridgehead atoms. The normalized spacial score (nSPS) is 22.3. The van der Waals surface area contributed by atoms with Crippen LogP contribution in [0.15, 0.2) is 12.7 Å². The van der Waals surface area contributed by atoms with E-state index in [0.29, 0.717) is 32.1 Å². The average molecular weight is 275 g/mol. The van der Waals surface area contributed by atoms with Crippen molar-refractivity contribution in [1.29, 1.82) is 0 Å². The minimum absolute atomic E-state index is 0.301. The molecule has 0 saturated carbocycles. The minimum Gasteiger partial charge on any atom is -0.330 e. The van der Waals surface area contributed by atoms with Crippen molar-refractivity contribution >= 4 is 10.2 Å². The molecule has 0 aromatic carbocycles. The molecule has 0 amide bonds. The van der Waals surface area contributed by atoms with E-state index >= 15 is 0 Å². The number of hydrogen-bond donors (Lipinski definition) is 1. The topological polar surface area (TPSA) is 66.6 Å². The standard InChI is InChI=1S/C12H25N3O2S/c1-3-4-5-8-14(2)18(16,17)15-9-6-7-12(10-13)11-15/h3,12H,1,4-11,13H2,2H3. The van der Waals surface area contributed by atoms with Crippen LogP contribution in [0.5, 0.6) is 0 Å². The number of hydrogen-bond acceptors (Lipinski definition) is 3. The van der Waals surface area contributed by atoms with Crippen molar-refractivity contribution in [3.8, 4) is 0 Å². The highest BCUT2D eigenvalue weighted by atomic mass is 32.2. The Bertz CT molecular complexity index is 356. The molecule has 1 aliphatic heterocycles.